The molecule has 1 fully saturated rings. The van der Waals surface area contributed by atoms with E-state index in [4.69, 9.17) is 5.11 Å². The van der Waals surface area contributed by atoms with E-state index < -0.39 is 12.0 Å². The summed E-state index contributed by atoms with van der Waals surface area (Å²) in [7, 11) is 0. The highest BCUT2D eigenvalue weighted by Crippen LogP contribution is 2.29. The Balaban J connectivity index is 2.05. The van der Waals surface area contributed by atoms with Crippen LogP contribution in [0.2, 0.25) is 0 Å². The van der Waals surface area contributed by atoms with Crippen molar-refractivity contribution >= 4 is 11.9 Å². The lowest BCUT2D eigenvalue weighted by molar-refractivity contribution is -0.149. The molecule has 1 heterocycles. The van der Waals surface area contributed by atoms with Crippen LogP contribution in [-0.4, -0.2) is 39.1 Å². The number of hydrogen-bond donors (Lipinski definition) is 1. The molecular formula is C11H14N2O4. The fourth-order valence-electron chi connectivity index (χ4n) is 1.78. The van der Waals surface area contributed by atoms with E-state index in [0.29, 0.717) is 5.69 Å². The van der Waals surface area contributed by atoms with Crippen molar-refractivity contribution in [3.63, 3.8) is 0 Å². The van der Waals surface area contributed by atoms with Crippen molar-refractivity contribution < 1.29 is 19.2 Å². The maximum Gasteiger partial charge on any atom is 0.326 e. The lowest BCUT2D eigenvalue weighted by Crippen LogP contribution is -2.45. The third-order valence-electron chi connectivity index (χ3n) is 2.83. The molecule has 0 bridgehead atoms. The van der Waals surface area contributed by atoms with Gasteiger partial charge in [-0.05, 0) is 19.8 Å². The second-order valence-corrected chi connectivity index (χ2v) is 4.21. The van der Waals surface area contributed by atoms with E-state index in [2.05, 4.69) is 9.68 Å². The van der Waals surface area contributed by atoms with E-state index in [9.17, 15) is 9.59 Å². The largest absolute Gasteiger partial charge is 0.480 e. The van der Waals surface area contributed by atoms with Crippen LogP contribution in [0.15, 0.2) is 16.9 Å². The highest BCUT2D eigenvalue weighted by molar-refractivity contribution is 5.85. The summed E-state index contributed by atoms with van der Waals surface area (Å²) in [6, 6.07) is 0.886. The Kier molecular flexibility index (Phi) is 3.12. The minimum Gasteiger partial charge on any atom is -0.480 e. The SMILES string of the molecule is CC(C(=O)O)N(C(=O)Cc1ccon1)C1CC1. The van der Waals surface area contributed by atoms with E-state index in [-0.39, 0.29) is 18.4 Å². The maximum atomic E-state index is 12.0. The predicted molar refractivity (Wildman–Crippen MR) is 57.2 cm³/mol. The van der Waals surface area contributed by atoms with Crippen molar-refractivity contribution in [3.8, 4) is 0 Å². The molecule has 0 spiro atoms. The van der Waals surface area contributed by atoms with Crippen molar-refractivity contribution in [3.05, 3.63) is 18.0 Å². The molecule has 0 aromatic carbocycles. The smallest absolute Gasteiger partial charge is 0.326 e. The van der Waals surface area contributed by atoms with Gasteiger partial charge < -0.3 is 14.5 Å². The molecule has 92 valence electrons. The Labute approximate surface area is 98.2 Å². The van der Waals surface area contributed by atoms with Gasteiger partial charge in [0.2, 0.25) is 5.91 Å². The zero-order chi connectivity index (χ0) is 12.4. The van der Waals surface area contributed by atoms with Crippen LogP contribution in [0.25, 0.3) is 0 Å². The van der Waals surface area contributed by atoms with Crippen LogP contribution in [0.4, 0.5) is 0 Å². The topological polar surface area (TPSA) is 83.6 Å². The second kappa shape index (κ2) is 4.57. The van der Waals surface area contributed by atoms with Crippen molar-refractivity contribution in [2.45, 2.75) is 38.3 Å². The van der Waals surface area contributed by atoms with Crippen LogP contribution in [0.3, 0.4) is 0 Å². The molecule has 1 amide bonds. The summed E-state index contributed by atoms with van der Waals surface area (Å²) in [6.45, 7) is 1.53. The third-order valence-corrected chi connectivity index (χ3v) is 2.83. The second-order valence-electron chi connectivity index (χ2n) is 4.21. The van der Waals surface area contributed by atoms with Gasteiger partial charge in [0.05, 0.1) is 12.1 Å². The first-order valence-electron chi connectivity index (χ1n) is 5.53. The van der Waals surface area contributed by atoms with Gasteiger partial charge in [-0.15, -0.1) is 0 Å². The Morgan fingerprint density at radius 3 is 2.82 bits per heavy atom. The molecule has 1 atom stereocenters. The number of carboxylic acids is 1. The monoisotopic (exact) mass is 238 g/mol. The lowest BCUT2D eigenvalue weighted by atomic mass is 10.2. The van der Waals surface area contributed by atoms with Gasteiger partial charge in [0.15, 0.2) is 0 Å². The van der Waals surface area contributed by atoms with Crippen molar-refractivity contribution in [1.29, 1.82) is 0 Å². The summed E-state index contributed by atoms with van der Waals surface area (Å²) >= 11 is 0. The number of aromatic nitrogens is 1. The molecule has 0 saturated heterocycles. The van der Waals surface area contributed by atoms with E-state index in [0.717, 1.165) is 12.8 Å². The fraction of sp³-hybridized carbons (Fsp3) is 0.545. The number of aliphatic carboxylic acids is 1. The van der Waals surface area contributed by atoms with Gasteiger partial charge in [0, 0.05) is 12.1 Å². The molecule has 1 aromatic rings. The van der Waals surface area contributed by atoms with Gasteiger partial charge >= 0.3 is 5.97 Å². The zero-order valence-electron chi connectivity index (χ0n) is 9.50. The Morgan fingerprint density at radius 2 is 2.35 bits per heavy atom. The number of carbonyl (C=O) groups is 2. The van der Waals surface area contributed by atoms with Crippen LogP contribution < -0.4 is 0 Å². The average molecular weight is 238 g/mol. The fourth-order valence-corrected chi connectivity index (χ4v) is 1.78. The quantitative estimate of drug-likeness (QED) is 0.815. The van der Waals surface area contributed by atoms with Gasteiger partial charge in [0.1, 0.15) is 12.3 Å². The molecule has 17 heavy (non-hydrogen) atoms. The molecule has 6 nitrogen and oxygen atoms in total. The number of nitrogens with zero attached hydrogens (tertiary/aromatic N) is 2. The highest BCUT2D eigenvalue weighted by atomic mass is 16.5. The summed E-state index contributed by atoms with van der Waals surface area (Å²) in [6.07, 6.45) is 3.24. The first-order chi connectivity index (χ1) is 8.09. The minimum atomic E-state index is -0.981. The number of carbonyl (C=O) groups excluding carboxylic acids is 1. The van der Waals surface area contributed by atoms with Crippen LogP contribution in [0, 0.1) is 0 Å². The van der Waals surface area contributed by atoms with Crippen LogP contribution in [0.1, 0.15) is 25.5 Å². The molecule has 0 radical (unpaired) electrons. The van der Waals surface area contributed by atoms with Crippen molar-refractivity contribution in [1.82, 2.24) is 10.1 Å². The molecule has 1 aliphatic rings. The summed E-state index contributed by atoms with van der Waals surface area (Å²) in [5.41, 5.74) is 0.526. The van der Waals surface area contributed by atoms with Crippen LogP contribution in [-0.2, 0) is 16.0 Å². The van der Waals surface area contributed by atoms with Gasteiger partial charge in [-0.3, -0.25) is 4.79 Å². The molecule has 6 heteroatoms. The van der Waals surface area contributed by atoms with Gasteiger partial charge in [-0.2, -0.15) is 0 Å². The maximum absolute atomic E-state index is 12.0. The Morgan fingerprint density at radius 1 is 1.65 bits per heavy atom. The van der Waals surface area contributed by atoms with Gasteiger partial charge in [-0.25, -0.2) is 4.79 Å². The Hall–Kier alpha value is -1.85. The Bertz CT molecular complexity index is 411. The van der Waals surface area contributed by atoms with E-state index >= 15 is 0 Å². The van der Waals surface area contributed by atoms with E-state index in [1.165, 1.54) is 18.1 Å². The molecule has 1 N–H and O–H groups in total. The van der Waals surface area contributed by atoms with Crippen molar-refractivity contribution in [2.24, 2.45) is 0 Å². The predicted octanol–water partition coefficient (Wildman–Crippen LogP) is 0.681. The molecule has 1 aromatic heterocycles. The summed E-state index contributed by atoms with van der Waals surface area (Å²) in [5, 5.41) is 12.6. The normalized spacial score (nSPS) is 16.5. The summed E-state index contributed by atoms with van der Waals surface area (Å²) < 4.78 is 4.64. The first-order valence-corrected chi connectivity index (χ1v) is 5.53. The van der Waals surface area contributed by atoms with E-state index in [1.807, 2.05) is 0 Å². The minimum absolute atomic E-state index is 0.0699. The van der Waals surface area contributed by atoms with Gasteiger partial charge in [-0.1, -0.05) is 5.16 Å². The number of hydrogen-bond acceptors (Lipinski definition) is 4. The standard InChI is InChI=1S/C11H14N2O4/c1-7(11(15)16)13(9-2-3-9)10(14)6-8-4-5-17-12-8/h4-5,7,9H,2-3,6H2,1H3,(H,15,16). The van der Waals surface area contributed by atoms with Gasteiger partial charge in [0.25, 0.3) is 0 Å². The molecule has 1 aliphatic carbocycles. The first kappa shape index (κ1) is 11.6. The molecular weight excluding hydrogens is 224 g/mol. The number of rotatable bonds is 5. The third kappa shape index (κ3) is 2.64. The lowest BCUT2D eigenvalue weighted by Gasteiger charge is -2.26. The average Bonchev–Trinajstić information content (AvgIpc) is 2.96. The number of amides is 1. The molecule has 0 aliphatic heterocycles. The number of carboxylic acid groups (broad SMARTS) is 1. The molecule has 2 rings (SSSR count). The van der Waals surface area contributed by atoms with Crippen molar-refractivity contribution in [2.75, 3.05) is 0 Å². The van der Waals surface area contributed by atoms with E-state index in [1.54, 1.807) is 6.07 Å². The van der Waals surface area contributed by atoms with Crippen LogP contribution in [0.5, 0.6) is 0 Å². The molecule has 1 saturated carbocycles. The summed E-state index contributed by atoms with van der Waals surface area (Å²) in [4.78, 5) is 24.4. The molecule has 1 unspecified atom stereocenters. The zero-order valence-corrected chi connectivity index (χ0v) is 9.50. The summed E-state index contributed by atoms with van der Waals surface area (Å²) in [5.74, 6) is -1.19. The highest BCUT2D eigenvalue weighted by Gasteiger charge is 2.38. The van der Waals surface area contributed by atoms with Crippen LogP contribution >= 0.6 is 0 Å².